The molecular formula is C9H8F2N2O. The largest absolute Gasteiger partial charge is 0.435 e. The highest BCUT2D eigenvalue weighted by Crippen LogP contribution is 2.21. The van der Waals surface area contributed by atoms with Crippen molar-refractivity contribution in [2.24, 2.45) is 7.05 Å². The first-order valence-electron chi connectivity index (χ1n) is 4.03. The van der Waals surface area contributed by atoms with E-state index >= 15 is 0 Å². The topological polar surface area (TPSA) is 27.1 Å². The summed E-state index contributed by atoms with van der Waals surface area (Å²) in [5.41, 5.74) is 0.881. The first-order chi connectivity index (χ1) is 6.66. The highest BCUT2D eigenvalue weighted by atomic mass is 19.3. The molecule has 14 heavy (non-hydrogen) atoms. The molecule has 0 aliphatic heterocycles. The molecule has 0 unspecified atom stereocenters. The van der Waals surface area contributed by atoms with Crippen LogP contribution in [0, 0.1) is 0 Å². The van der Waals surface area contributed by atoms with Crippen molar-refractivity contribution in [2.75, 3.05) is 0 Å². The SMILES string of the molecule is Cn1ncc2cc(OC(F)F)ccc21. The zero-order chi connectivity index (χ0) is 10.1. The summed E-state index contributed by atoms with van der Waals surface area (Å²) < 4.78 is 29.7. The van der Waals surface area contributed by atoms with Crippen molar-refractivity contribution in [3.63, 3.8) is 0 Å². The molecule has 0 saturated heterocycles. The van der Waals surface area contributed by atoms with Gasteiger partial charge in [-0.2, -0.15) is 13.9 Å². The Labute approximate surface area is 78.9 Å². The van der Waals surface area contributed by atoms with Crippen LogP contribution in [0.2, 0.25) is 0 Å². The zero-order valence-corrected chi connectivity index (χ0v) is 7.45. The lowest BCUT2D eigenvalue weighted by atomic mass is 10.2. The minimum absolute atomic E-state index is 0.153. The van der Waals surface area contributed by atoms with E-state index in [4.69, 9.17) is 0 Å². The Morgan fingerprint density at radius 1 is 1.43 bits per heavy atom. The highest BCUT2D eigenvalue weighted by Gasteiger charge is 2.06. The molecule has 0 aliphatic rings. The van der Waals surface area contributed by atoms with Gasteiger partial charge >= 0.3 is 6.61 Å². The van der Waals surface area contributed by atoms with Crippen LogP contribution >= 0.6 is 0 Å². The number of aryl methyl sites for hydroxylation is 1. The van der Waals surface area contributed by atoms with E-state index in [1.165, 1.54) is 12.1 Å². The van der Waals surface area contributed by atoms with Gasteiger partial charge in [0, 0.05) is 12.4 Å². The molecule has 0 bridgehead atoms. The van der Waals surface area contributed by atoms with Gasteiger partial charge in [-0.1, -0.05) is 0 Å². The minimum atomic E-state index is -2.79. The van der Waals surface area contributed by atoms with Crippen LogP contribution in [0.25, 0.3) is 10.9 Å². The smallest absolute Gasteiger partial charge is 0.387 e. The van der Waals surface area contributed by atoms with E-state index in [9.17, 15) is 8.78 Å². The molecule has 5 heteroatoms. The summed E-state index contributed by atoms with van der Waals surface area (Å²) >= 11 is 0. The number of aromatic nitrogens is 2. The van der Waals surface area contributed by atoms with E-state index in [2.05, 4.69) is 9.84 Å². The van der Waals surface area contributed by atoms with Crippen molar-refractivity contribution in [3.8, 4) is 5.75 Å². The summed E-state index contributed by atoms with van der Waals surface area (Å²) in [7, 11) is 1.79. The monoisotopic (exact) mass is 198 g/mol. The van der Waals surface area contributed by atoms with Crippen molar-refractivity contribution in [1.29, 1.82) is 0 Å². The zero-order valence-electron chi connectivity index (χ0n) is 7.45. The number of alkyl halides is 2. The Kier molecular flexibility index (Phi) is 2.07. The standard InChI is InChI=1S/C9H8F2N2O/c1-13-8-3-2-7(14-9(10)11)4-6(8)5-12-13/h2-5,9H,1H3. The fourth-order valence-electron chi connectivity index (χ4n) is 1.32. The van der Waals surface area contributed by atoms with Crippen molar-refractivity contribution in [2.45, 2.75) is 6.61 Å². The number of halogens is 2. The van der Waals surface area contributed by atoms with Gasteiger partial charge in [0.15, 0.2) is 0 Å². The lowest BCUT2D eigenvalue weighted by Crippen LogP contribution is -2.01. The van der Waals surface area contributed by atoms with Crippen LogP contribution in [0.5, 0.6) is 5.75 Å². The fourth-order valence-corrected chi connectivity index (χ4v) is 1.32. The number of nitrogens with zero attached hydrogens (tertiary/aromatic N) is 2. The number of hydrogen-bond donors (Lipinski definition) is 0. The molecular weight excluding hydrogens is 190 g/mol. The molecule has 0 fully saturated rings. The Hall–Kier alpha value is -1.65. The fraction of sp³-hybridized carbons (Fsp3) is 0.222. The number of benzene rings is 1. The molecule has 2 aromatic rings. The summed E-state index contributed by atoms with van der Waals surface area (Å²) in [6.45, 7) is -2.79. The molecule has 1 aromatic heterocycles. The molecule has 0 N–H and O–H groups in total. The molecule has 2 rings (SSSR count). The maximum atomic E-state index is 11.9. The molecule has 0 spiro atoms. The molecule has 1 heterocycles. The van der Waals surface area contributed by atoms with Gasteiger partial charge in [0.1, 0.15) is 5.75 Å². The summed E-state index contributed by atoms with van der Waals surface area (Å²) in [6, 6.07) is 4.73. The van der Waals surface area contributed by atoms with Gasteiger partial charge in [-0.3, -0.25) is 4.68 Å². The highest BCUT2D eigenvalue weighted by molar-refractivity contribution is 5.80. The van der Waals surface area contributed by atoms with Crippen LogP contribution in [-0.2, 0) is 7.05 Å². The van der Waals surface area contributed by atoms with Gasteiger partial charge in [-0.05, 0) is 18.2 Å². The van der Waals surface area contributed by atoms with E-state index in [0.717, 1.165) is 10.9 Å². The maximum Gasteiger partial charge on any atom is 0.387 e. The third-order valence-corrected chi connectivity index (χ3v) is 1.94. The Morgan fingerprint density at radius 2 is 2.21 bits per heavy atom. The molecule has 0 saturated carbocycles. The lowest BCUT2D eigenvalue weighted by Gasteiger charge is -2.03. The quantitative estimate of drug-likeness (QED) is 0.739. The van der Waals surface area contributed by atoms with Gasteiger partial charge in [0.25, 0.3) is 0 Å². The lowest BCUT2D eigenvalue weighted by molar-refractivity contribution is -0.0497. The van der Waals surface area contributed by atoms with E-state index in [-0.39, 0.29) is 5.75 Å². The van der Waals surface area contributed by atoms with Gasteiger partial charge < -0.3 is 4.74 Å². The average molecular weight is 198 g/mol. The van der Waals surface area contributed by atoms with E-state index in [1.54, 1.807) is 24.0 Å². The second-order valence-corrected chi connectivity index (χ2v) is 2.87. The van der Waals surface area contributed by atoms with E-state index < -0.39 is 6.61 Å². The van der Waals surface area contributed by atoms with Crippen molar-refractivity contribution >= 4 is 10.9 Å². The predicted octanol–water partition coefficient (Wildman–Crippen LogP) is 2.17. The normalized spacial score (nSPS) is 11.1. The first-order valence-corrected chi connectivity index (χ1v) is 4.03. The number of rotatable bonds is 2. The van der Waals surface area contributed by atoms with Crippen LogP contribution in [0.15, 0.2) is 24.4 Å². The Bertz CT molecular complexity index is 453. The second kappa shape index (κ2) is 3.25. The summed E-state index contributed by atoms with van der Waals surface area (Å²) in [5, 5.41) is 4.77. The van der Waals surface area contributed by atoms with Crippen LogP contribution in [-0.4, -0.2) is 16.4 Å². The number of hydrogen-bond acceptors (Lipinski definition) is 2. The second-order valence-electron chi connectivity index (χ2n) is 2.87. The summed E-state index contributed by atoms with van der Waals surface area (Å²) in [6.07, 6.45) is 1.60. The van der Waals surface area contributed by atoms with E-state index in [1.807, 2.05) is 0 Å². The maximum absolute atomic E-state index is 11.9. The Balaban J connectivity index is 2.42. The average Bonchev–Trinajstić information content (AvgIpc) is 2.46. The third kappa shape index (κ3) is 1.53. The van der Waals surface area contributed by atoms with Crippen molar-refractivity contribution in [1.82, 2.24) is 9.78 Å². The van der Waals surface area contributed by atoms with Gasteiger partial charge in [0.2, 0.25) is 0 Å². The number of fused-ring (bicyclic) bond motifs is 1. The van der Waals surface area contributed by atoms with Crippen molar-refractivity contribution < 1.29 is 13.5 Å². The van der Waals surface area contributed by atoms with Crippen LogP contribution < -0.4 is 4.74 Å². The van der Waals surface area contributed by atoms with Crippen molar-refractivity contribution in [3.05, 3.63) is 24.4 Å². The molecule has 0 radical (unpaired) electrons. The number of ether oxygens (including phenoxy) is 1. The third-order valence-electron chi connectivity index (χ3n) is 1.94. The molecule has 74 valence electrons. The molecule has 1 aromatic carbocycles. The van der Waals surface area contributed by atoms with Gasteiger partial charge in [-0.15, -0.1) is 0 Å². The summed E-state index contributed by atoms with van der Waals surface area (Å²) in [5.74, 6) is 0.153. The van der Waals surface area contributed by atoms with E-state index in [0.29, 0.717) is 0 Å². The first kappa shape index (κ1) is 8.93. The molecule has 0 atom stereocenters. The van der Waals surface area contributed by atoms with Crippen LogP contribution in [0.1, 0.15) is 0 Å². The molecule has 0 amide bonds. The minimum Gasteiger partial charge on any atom is -0.435 e. The predicted molar refractivity (Wildman–Crippen MR) is 47.3 cm³/mol. The summed E-state index contributed by atoms with van der Waals surface area (Å²) in [4.78, 5) is 0. The van der Waals surface area contributed by atoms with Crippen LogP contribution in [0.3, 0.4) is 0 Å². The molecule has 3 nitrogen and oxygen atoms in total. The van der Waals surface area contributed by atoms with Gasteiger partial charge in [-0.25, -0.2) is 0 Å². The molecule has 0 aliphatic carbocycles. The Morgan fingerprint density at radius 3 is 2.93 bits per heavy atom. The van der Waals surface area contributed by atoms with Crippen LogP contribution in [0.4, 0.5) is 8.78 Å². The van der Waals surface area contributed by atoms with Gasteiger partial charge in [0.05, 0.1) is 11.7 Å².